The molecule has 0 bridgehead atoms. The number of sulfonamides is 2. The van der Waals surface area contributed by atoms with Crippen molar-refractivity contribution in [3.63, 3.8) is 0 Å². The van der Waals surface area contributed by atoms with Crippen LogP contribution in [0.4, 0.5) is 5.69 Å². The third-order valence-corrected chi connectivity index (χ3v) is 9.90. The summed E-state index contributed by atoms with van der Waals surface area (Å²) in [5.41, 5.74) is 1.05. The van der Waals surface area contributed by atoms with Gasteiger partial charge in [-0.3, -0.25) is 4.79 Å². The number of aryl methyl sites for hydroxylation is 1. The summed E-state index contributed by atoms with van der Waals surface area (Å²) in [6, 6.07) is 8.72. The minimum absolute atomic E-state index is 0.0221. The highest BCUT2D eigenvalue weighted by Crippen LogP contribution is 2.31. The number of carbonyl (C=O) groups is 1. The summed E-state index contributed by atoms with van der Waals surface area (Å²) in [6.07, 6.45) is 0.986. The van der Waals surface area contributed by atoms with Crippen LogP contribution in [0, 0.1) is 12.8 Å². The first-order valence-corrected chi connectivity index (χ1v) is 13.8. The lowest BCUT2D eigenvalue weighted by Crippen LogP contribution is -2.43. The smallest absolute Gasteiger partial charge is 0.244 e. The molecule has 3 rings (SSSR count). The molecule has 1 aliphatic heterocycles. The first-order valence-electron chi connectivity index (χ1n) is 10.1. The van der Waals surface area contributed by atoms with Gasteiger partial charge in [-0.05, 0) is 55.7 Å². The fourth-order valence-corrected chi connectivity index (χ4v) is 6.72. The Bertz CT molecular complexity index is 1280. The molecule has 0 saturated carbocycles. The van der Waals surface area contributed by atoms with Crippen LogP contribution in [0.5, 0.6) is 0 Å². The van der Waals surface area contributed by atoms with E-state index in [-0.39, 0.29) is 38.8 Å². The van der Waals surface area contributed by atoms with Gasteiger partial charge in [0.1, 0.15) is 4.90 Å². The lowest BCUT2D eigenvalue weighted by molar-refractivity contribution is -0.120. The van der Waals surface area contributed by atoms with Crippen LogP contribution in [0.2, 0.25) is 10.0 Å². The van der Waals surface area contributed by atoms with Crippen LogP contribution in [0.15, 0.2) is 46.2 Å². The molecular formula is C21H25Cl2N3O5S2. The highest BCUT2D eigenvalue weighted by Gasteiger charge is 2.34. The summed E-state index contributed by atoms with van der Waals surface area (Å²) in [6.45, 7) is 1.98. The van der Waals surface area contributed by atoms with Crippen molar-refractivity contribution in [1.82, 2.24) is 8.61 Å². The maximum Gasteiger partial charge on any atom is 0.244 e. The summed E-state index contributed by atoms with van der Waals surface area (Å²) in [5.74, 6) is -0.991. The van der Waals surface area contributed by atoms with Crippen molar-refractivity contribution < 1.29 is 21.6 Å². The van der Waals surface area contributed by atoms with Gasteiger partial charge in [0, 0.05) is 37.9 Å². The number of hydrogen-bond acceptors (Lipinski definition) is 5. The Hall–Kier alpha value is -1.69. The normalized spacial score (nSPS) is 17.8. The first-order chi connectivity index (χ1) is 15.3. The molecule has 0 unspecified atom stereocenters. The molecule has 1 heterocycles. The molecular weight excluding hydrogens is 509 g/mol. The number of benzene rings is 2. The van der Waals surface area contributed by atoms with Gasteiger partial charge in [0.2, 0.25) is 26.0 Å². The molecule has 0 aromatic heterocycles. The lowest BCUT2D eigenvalue weighted by Gasteiger charge is -2.31. The molecule has 1 saturated heterocycles. The highest BCUT2D eigenvalue weighted by atomic mass is 35.5. The summed E-state index contributed by atoms with van der Waals surface area (Å²) in [5, 5.41) is 3.07. The van der Waals surface area contributed by atoms with Gasteiger partial charge < -0.3 is 5.32 Å². The molecule has 1 fully saturated rings. The molecule has 2 aromatic rings. The monoisotopic (exact) mass is 533 g/mol. The Kier molecular flexibility index (Phi) is 7.77. The van der Waals surface area contributed by atoms with Crippen molar-refractivity contribution in [1.29, 1.82) is 0 Å². The number of anilines is 1. The van der Waals surface area contributed by atoms with E-state index in [1.807, 2.05) is 0 Å². The Morgan fingerprint density at radius 1 is 1.09 bits per heavy atom. The van der Waals surface area contributed by atoms with Gasteiger partial charge in [0.15, 0.2) is 0 Å². The van der Waals surface area contributed by atoms with E-state index in [0.717, 1.165) is 4.31 Å². The second-order valence-corrected chi connectivity index (χ2v) is 12.9. The standard InChI is InChI=1S/C21H25Cl2N3O5S2/c1-14-6-8-17(32(28,29)25(2)3)12-19(14)24-21(27)15-5-4-10-26(13-15)33(30,31)20-11-16(22)7-9-18(20)23/h6-9,11-12,15H,4-5,10,13H2,1-3H3,(H,24,27)/t15-/m1/s1. The highest BCUT2D eigenvalue weighted by molar-refractivity contribution is 7.89. The number of carbonyl (C=O) groups excluding carboxylic acids is 1. The first kappa shape index (κ1) is 25.9. The molecule has 2 aromatic carbocycles. The van der Waals surface area contributed by atoms with Crippen LogP contribution in [0.1, 0.15) is 18.4 Å². The Morgan fingerprint density at radius 3 is 2.45 bits per heavy atom. The second-order valence-electron chi connectivity index (χ2n) is 8.03. The van der Waals surface area contributed by atoms with E-state index in [4.69, 9.17) is 23.2 Å². The van der Waals surface area contributed by atoms with Crippen LogP contribution < -0.4 is 5.32 Å². The van der Waals surface area contributed by atoms with E-state index in [0.29, 0.717) is 24.1 Å². The topological polar surface area (TPSA) is 104 Å². The third kappa shape index (κ3) is 5.52. The number of hydrogen-bond donors (Lipinski definition) is 1. The third-order valence-electron chi connectivity index (χ3n) is 5.51. The number of nitrogens with zero attached hydrogens (tertiary/aromatic N) is 2. The van der Waals surface area contributed by atoms with E-state index in [9.17, 15) is 21.6 Å². The maximum absolute atomic E-state index is 13.1. The minimum Gasteiger partial charge on any atom is -0.326 e. The molecule has 0 aliphatic carbocycles. The SMILES string of the molecule is Cc1ccc(S(=O)(=O)N(C)C)cc1NC(=O)[C@@H]1CCCN(S(=O)(=O)c2cc(Cl)ccc2Cl)C1. The van der Waals surface area contributed by atoms with E-state index in [1.54, 1.807) is 13.0 Å². The molecule has 1 amide bonds. The summed E-state index contributed by atoms with van der Waals surface area (Å²) in [7, 11) is -4.76. The maximum atomic E-state index is 13.1. The zero-order valence-corrected chi connectivity index (χ0v) is 21.5. The van der Waals surface area contributed by atoms with Crippen molar-refractivity contribution in [2.24, 2.45) is 5.92 Å². The van der Waals surface area contributed by atoms with Crippen molar-refractivity contribution >= 4 is 54.8 Å². The van der Waals surface area contributed by atoms with E-state index in [2.05, 4.69) is 5.32 Å². The number of rotatable bonds is 6. The van der Waals surface area contributed by atoms with Crippen LogP contribution in [-0.2, 0) is 24.8 Å². The number of piperidine rings is 1. The second kappa shape index (κ2) is 9.89. The number of nitrogens with one attached hydrogen (secondary N) is 1. The molecule has 0 spiro atoms. The largest absolute Gasteiger partial charge is 0.326 e. The van der Waals surface area contributed by atoms with Crippen LogP contribution >= 0.6 is 23.2 Å². The minimum atomic E-state index is -3.95. The number of amides is 1. The quantitative estimate of drug-likeness (QED) is 0.610. The molecule has 0 radical (unpaired) electrons. The van der Waals surface area contributed by atoms with Gasteiger partial charge in [-0.25, -0.2) is 21.1 Å². The Morgan fingerprint density at radius 2 is 1.79 bits per heavy atom. The van der Waals surface area contributed by atoms with Gasteiger partial charge in [-0.15, -0.1) is 0 Å². The van der Waals surface area contributed by atoms with Gasteiger partial charge in [0.25, 0.3) is 0 Å². The molecule has 1 atom stereocenters. The van der Waals surface area contributed by atoms with Crippen LogP contribution in [-0.4, -0.2) is 58.5 Å². The van der Waals surface area contributed by atoms with Gasteiger partial charge in [-0.1, -0.05) is 29.3 Å². The van der Waals surface area contributed by atoms with Crippen molar-refractivity contribution in [3.05, 3.63) is 52.0 Å². The van der Waals surface area contributed by atoms with Crippen molar-refractivity contribution in [3.8, 4) is 0 Å². The van der Waals surface area contributed by atoms with Gasteiger partial charge in [-0.2, -0.15) is 4.31 Å². The lowest BCUT2D eigenvalue weighted by atomic mass is 9.98. The van der Waals surface area contributed by atoms with Gasteiger partial charge in [0.05, 0.1) is 15.8 Å². The fourth-order valence-electron chi connectivity index (χ4n) is 3.53. The van der Waals surface area contributed by atoms with Crippen LogP contribution in [0.3, 0.4) is 0 Å². The average Bonchev–Trinajstić information content (AvgIpc) is 2.76. The average molecular weight is 534 g/mol. The predicted octanol–water partition coefficient (Wildman–Crippen LogP) is 3.59. The fraction of sp³-hybridized carbons (Fsp3) is 0.381. The van der Waals surface area contributed by atoms with E-state index in [1.165, 1.54) is 48.7 Å². The van der Waals surface area contributed by atoms with E-state index < -0.39 is 26.0 Å². The Labute approximate surface area is 204 Å². The molecule has 8 nitrogen and oxygen atoms in total. The molecule has 33 heavy (non-hydrogen) atoms. The number of halogens is 2. The predicted molar refractivity (Wildman–Crippen MR) is 129 cm³/mol. The van der Waals surface area contributed by atoms with E-state index >= 15 is 0 Å². The molecule has 12 heteroatoms. The molecule has 1 N–H and O–H groups in total. The summed E-state index contributed by atoms with van der Waals surface area (Å²) in [4.78, 5) is 13.0. The van der Waals surface area contributed by atoms with Crippen LogP contribution in [0.25, 0.3) is 0 Å². The molecule has 180 valence electrons. The summed E-state index contributed by atoms with van der Waals surface area (Å²) < 4.78 is 53.5. The zero-order chi connectivity index (χ0) is 24.6. The summed E-state index contributed by atoms with van der Waals surface area (Å²) >= 11 is 12.1. The van der Waals surface area contributed by atoms with Crippen molar-refractivity contribution in [2.75, 3.05) is 32.5 Å². The zero-order valence-electron chi connectivity index (χ0n) is 18.4. The van der Waals surface area contributed by atoms with Crippen molar-refractivity contribution in [2.45, 2.75) is 29.6 Å². The Balaban J connectivity index is 1.81. The van der Waals surface area contributed by atoms with Gasteiger partial charge >= 0.3 is 0 Å². The molecule has 1 aliphatic rings.